The average molecular weight is 301 g/mol. The van der Waals surface area contributed by atoms with Crippen LogP contribution in [-0.2, 0) is 6.42 Å². The Hall–Kier alpha value is -1.06. The van der Waals surface area contributed by atoms with Gasteiger partial charge in [0.15, 0.2) is 0 Å². The van der Waals surface area contributed by atoms with Crippen LogP contribution in [0.3, 0.4) is 0 Å². The fourth-order valence-electron chi connectivity index (χ4n) is 6.10. The van der Waals surface area contributed by atoms with Gasteiger partial charge in [-0.05, 0) is 85.6 Å². The molecule has 0 amide bonds. The van der Waals surface area contributed by atoms with Crippen LogP contribution in [0.1, 0.15) is 49.7 Å². The third kappa shape index (κ3) is 1.88. The summed E-state index contributed by atoms with van der Waals surface area (Å²) in [5, 5.41) is 23.6. The van der Waals surface area contributed by atoms with E-state index in [9.17, 15) is 10.2 Å². The number of aryl methyl sites for hydroxylation is 1. The van der Waals surface area contributed by atoms with Crippen molar-refractivity contribution in [1.82, 2.24) is 5.32 Å². The van der Waals surface area contributed by atoms with Gasteiger partial charge in [-0.2, -0.15) is 0 Å². The summed E-state index contributed by atoms with van der Waals surface area (Å²) in [4.78, 5) is 0. The Morgan fingerprint density at radius 2 is 2.09 bits per heavy atom. The van der Waals surface area contributed by atoms with Gasteiger partial charge in [-0.3, -0.25) is 0 Å². The minimum Gasteiger partial charge on any atom is -0.508 e. The van der Waals surface area contributed by atoms with Crippen molar-refractivity contribution in [2.75, 3.05) is 7.05 Å². The Labute approximate surface area is 132 Å². The SMILES string of the molecule is CNC1[C@H](O)CC2C3CCc4cc(O)ccc4C3CCC21C. The first-order valence-electron chi connectivity index (χ1n) is 8.71. The van der Waals surface area contributed by atoms with Gasteiger partial charge in [-0.25, -0.2) is 0 Å². The molecule has 22 heavy (non-hydrogen) atoms. The molecule has 3 nitrogen and oxygen atoms in total. The summed E-state index contributed by atoms with van der Waals surface area (Å²) in [6, 6.07) is 6.18. The zero-order chi connectivity index (χ0) is 15.5. The van der Waals surface area contributed by atoms with E-state index in [2.05, 4.69) is 18.3 Å². The summed E-state index contributed by atoms with van der Waals surface area (Å²) in [5.41, 5.74) is 3.02. The minimum atomic E-state index is -0.208. The Kier molecular flexibility index (Phi) is 3.28. The van der Waals surface area contributed by atoms with Gasteiger partial charge in [0.2, 0.25) is 0 Å². The number of hydrogen-bond acceptors (Lipinski definition) is 3. The van der Waals surface area contributed by atoms with Crippen molar-refractivity contribution in [2.45, 2.75) is 57.1 Å². The summed E-state index contributed by atoms with van der Waals surface area (Å²) in [7, 11) is 1.99. The molecule has 5 unspecified atom stereocenters. The maximum atomic E-state index is 10.5. The van der Waals surface area contributed by atoms with Gasteiger partial charge in [-0.15, -0.1) is 0 Å². The Bertz CT molecular complexity index is 587. The van der Waals surface area contributed by atoms with Crippen molar-refractivity contribution in [2.24, 2.45) is 17.3 Å². The number of phenolic OH excluding ortho intramolecular Hbond substituents is 1. The van der Waals surface area contributed by atoms with E-state index in [1.54, 1.807) is 0 Å². The molecule has 3 N–H and O–H groups in total. The number of fused-ring (bicyclic) bond motifs is 5. The number of hydrogen-bond donors (Lipinski definition) is 3. The van der Waals surface area contributed by atoms with E-state index in [0.717, 1.165) is 12.8 Å². The van der Waals surface area contributed by atoms with Crippen LogP contribution < -0.4 is 5.32 Å². The molecule has 6 atom stereocenters. The first-order valence-corrected chi connectivity index (χ1v) is 8.71. The molecule has 3 heteroatoms. The van der Waals surface area contributed by atoms with E-state index >= 15 is 0 Å². The minimum absolute atomic E-state index is 0.208. The van der Waals surface area contributed by atoms with Gasteiger partial charge in [0.25, 0.3) is 0 Å². The fraction of sp³-hybridized carbons (Fsp3) is 0.684. The molecule has 2 fully saturated rings. The summed E-state index contributed by atoms with van der Waals surface area (Å²) in [6.07, 6.45) is 5.39. The average Bonchev–Trinajstić information content (AvgIpc) is 2.76. The van der Waals surface area contributed by atoms with Crippen molar-refractivity contribution in [3.05, 3.63) is 29.3 Å². The van der Waals surface area contributed by atoms with E-state index in [1.807, 2.05) is 19.2 Å². The van der Waals surface area contributed by atoms with Crippen LogP contribution in [0.25, 0.3) is 0 Å². The molecule has 0 bridgehead atoms. The highest BCUT2D eigenvalue weighted by molar-refractivity contribution is 5.40. The molecule has 3 aliphatic carbocycles. The number of likely N-dealkylation sites (N-methyl/N-ethyl adjacent to an activating group) is 1. The van der Waals surface area contributed by atoms with Gasteiger partial charge in [0.05, 0.1) is 6.10 Å². The topological polar surface area (TPSA) is 52.5 Å². The zero-order valence-corrected chi connectivity index (χ0v) is 13.5. The summed E-state index contributed by atoms with van der Waals surface area (Å²) in [5.74, 6) is 2.30. The summed E-state index contributed by atoms with van der Waals surface area (Å²) in [6.45, 7) is 2.39. The fourth-order valence-corrected chi connectivity index (χ4v) is 6.10. The maximum Gasteiger partial charge on any atom is 0.115 e. The quantitative estimate of drug-likeness (QED) is 0.747. The van der Waals surface area contributed by atoms with E-state index < -0.39 is 0 Å². The highest BCUT2D eigenvalue weighted by atomic mass is 16.3. The Morgan fingerprint density at radius 1 is 1.27 bits per heavy atom. The Morgan fingerprint density at radius 3 is 2.86 bits per heavy atom. The van der Waals surface area contributed by atoms with Crippen LogP contribution in [-0.4, -0.2) is 29.4 Å². The second-order valence-corrected chi connectivity index (χ2v) is 7.91. The third-order valence-corrected chi connectivity index (χ3v) is 7.05. The number of aromatic hydroxyl groups is 1. The van der Waals surface area contributed by atoms with Crippen LogP contribution >= 0.6 is 0 Å². The lowest BCUT2D eigenvalue weighted by molar-refractivity contribution is 0.0382. The molecular formula is C19H27NO2. The zero-order valence-electron chi connectivity index (χ0n) is 13.5. The van der Waals surface area contributed by atoms with Gasteiger partial charge in [0, 0.05) is 6.04 Å². The number of aliphatic hydroxyl groups is 1. The largest absolute Gasteiger partial charge is 0.508 e. The lowest BCUT2D eigenvalue weighted by Crippen LogP contribution is -2.49. The lowest BCUT2D eigenvalue weighted by atomic mass is 9.55. The molecule has 1 aromatic carbocycles. The maximum absolute atomic E-state index is 10.5. The van der Waals surface area contributed by atoms with Gasteiger partial charge >= 0.3 is 0 Å². The van der Waals surface area contributed by atoms with E-state index in [-0.39, 0.29) is 17.6 Å². The normalized spacial score (nSPS) is 43.3. The van der Waals surface area contributed by atoms with Crippen molar-refractivity contribution >= 4 is 0 Å². The molecule has 2 saturated carbocycles. The number of nitrogens with one attached hydrogen (secondary N) is 1. The molecule has 0 aromatic heterocycles. The molecule has 0 radical (unpaired) electrons. The lowest BCUT2D eigenvalue weighted by Gasteiger charge is -2.50. The van der Waals surface area contributed by atoms with Crippen LogP contribution in [0.4, 0.5) is 0 Å². The highest BCUT2D eigenvalue weighted by Crippen LogP contribution is 2.60. The monoisotopic (exact) mass is 301 g/mol. The molecule has 3 aliphatic rings. The molecule has 0 spiro atoms. The van der Waals surface area contributed by atoms with Crippen molar-refractivity contribution in [3.8, 4) is 5.75 Å². The molecule has 1 aromatic rings. The van der Waals surface area contributed by atoms with Gasteiger partial charge < -0.3 is 15.5 Å². The summed E-state index contributed by atoms with van der Waals surface area (Å²) < 4.78 is 0. The molecule has 0 heterocycles. The second kappa shape index (κ2) is 4.97. The number of aliphatic hydroxyl groups excluding tert-OH is 1. The predicted octanol–water partition coefficient (Wildman–Crippen LogP) is 2.81. The predicted molar refractivity (Wildman–Crippen MR) is 87.0 cm³/mol. The van der Waals surface area contributed by atoms with Crippen LogP contribution in [0.5, 0.6) is 5.75 Å². The standard InChI is InChI=1S/C19H27NO2/c1-19-8-7-14-13-6-4-12(21)9-11(13)3-5-15(14)16(19)10-17(22)18(19)20-2/h4,6,9,14-18,20-22H,3,5,7-8,10H2,1-2H3/t14?,15?,16?,17-,18?,19?/m1/s1. The third-order valence-electron chi connectivity index (χ3n) is 7.05. The van der Waals surface area contributed by atoms with Crippen LogP contribution in [0.2, 0.25) is 0 Å². The molecule has 0 aliphatic heterocycles. The van der Waals surface area contributed by atoms with Crippen LogP contribution in [0.15, 0.2) is 18.2 Å². The first-order chi connectivity index (χ1) is 10.5. The molecule has 0 saturated heterocycles. The van der Waals surface area contributed by atoms with E-state index in [4.69, 9.17) is 0 Å². The van der Waals surface area contributed by atoms with Gasteiger partial charge in [-0.1, -0.05) is 13.0 Å². The summed E-state index contributed by atoms with van der Waals surface area (Å²) >= 11 is 0. The number of rotatable bonds is 1. The smallest absolute Gasteiger partial charge is 0.115 e. The molecule has 120 valence electrons. The second-order valence-electron chi connectivity index (χ2n) is 7.91. The highest BCUT2D eigenvalue weighted by Gasteiger charge is 2.57. The van der Waals surface area contributed by atoms with E-state index in [0.29, 0.717) is 23.5 Å². The van der Waals surface area contributed by atoms with E-state index in [1.165, 1.54) is 30.4 Å². The van der Waals surface area contributed by atoms with Crippen molar-refractivity contribution in [1.29, 1.82) is 0 Å². The molecular weight excluding hydrogens is 274 g/mol. The number of benzene rings is 1. The first kappa shape index (κ1) is 14.5. The molecule has 4 rings (SSSR count). The Balaban J connectivity index is 1.69. The number of phenols is 1. The van der Waals surface area contributed by atoms with Crippen molar-refractivity contribution < 1.29 is 10.2 Å². The van der Waals surface area contributed by atoms with Gasteiger partial charge in [0.1, 0.15) is 5.75 Å². The van der Waals surface area contributed by atoms with Crippen molar-refractivity contribution in [3.63, 3.8) is 0 Å². The van der Waals surface area contributed by atoms with Crippen LogP contribution in [0, 0.1) is 17.3 Å².